The highest BCUT2D eigenvalue weighted by molar-refractivity contribution is 5.92. The molecule has 3 unspecified atom stereocenters. The van der Waals surface area contributed by atoms with Crippen molar-refractivity contribution in [3.05, 3.63) is 36.5 Å². The number of hydrogen-bond donors (Lipinski definition) is 0. The van der Waals surface area contributed by atoms with Gasteiger partial charge in [-0.2, -0.15) is 0 Å². The highest BCUT2D eigenvalue weighted by Gasteiger charge is 2.05. The summed E-state index contributed by atoms with van der Waals surface area (Å²) in [5.74, 6) is 12.2. The smallest absolute Gasteiger partial charge is 0.161 e. The van der Waals surface area contributed by atoms with Crippen molar-refractivity contribution >= 4 is 5.78 Å². The number of hydrogen-bond acceptors (Lipinski definition) is 1. The predicted octanol–water partition coefficient (Wildman–Crippen LogP) is 3.54. The first kappa shape index (κ1) is 15.1. The Morgan fingerprint density at radius 2 is 1.58 bits per heavy atom. The molecule has 0 saturated heterocycles. The highest BCUT2D eigenvalue weighted by Crippen LogP contribution is 2.05. The number of rotatable bonds is 0. The molecule has 0 spiro atoms. The SMILES string of the molecule is CC1C#CC#CC(C)/C=C/C(C)C(=O)/C=C/C/C=C\1. The van der Waals surface area contributed by atoms with Crippen LogP contribution in [-0.4, -0.2) is 5.78 Å². The number of allylic oxidation sites excluding steroid dienone is 6. The van der Waals surface area contributed by atoms with E-state index in [2.05, 4.69) is 23.7 Å². The number of ketones is 1. The molecular weight excluding hydrogens is 232 g/mol. The summed E-state index contributed by atoms with van der Waals surface area (Å²) in [6.45, 7) is 5.93. The molecule has 0 fully saturated rings. The van der Waals surface area contributed by atoms with Gasteiger partial charge in [0.25, 0.3) is 0 Å². The summed E-state index contributed by atoms with van der Waals surface area (Å²) in [5, 5.41) is 0. The van der Waals surface area contributed by atoms with Gasteiger partial charge < -0.3 is 0 Å². The second-order valence-electron chi connectivity index (χ2n) is 4.76. The topological polar surface area (TPSA) is 17.1 Å². The molecule has 1 heteroatoms. The average molecular weight is 252 g/mol. The van der Waals surface area contributed by atoms with Crippen molar-refractivity contribution in [1.82, 2.24) is 0 Å². The number of carbonyl (C=O) groups is 1. The van der Waals surface area contributed by atoms with Crippen molar-refractivity contribution in [2.45, 2.75) is 27.2 Å². The third-order valence-corrected chi connectivity index (χ3v) is 2.78. The molecule has 0 bridgehead atoms. The first-order valence-corrected chi connectivity index (χ1v) is 6.66. The Bertz CT molecular complexity index is 511. The third kappa shape index (κ3) is 6.49. The van der Waals surface area contributed by atoms with Crippen molar-refractivity contribution in [3.8, 4) is 23.7 Å². The van der Waals surface area contributed by atoms with Crippen molar-refractivity contribution in [1.29, 1.82) is 0 Å². The quantitative estimate of drug-likeness (QED) is 0.476. The van der Waals surface area contributed by atoms with Gasteiger partial charge in [0.05, 0.1) is 0 Å². The van der Waals surface area contributed by atoms with Gasteiger partial charge in [0.15, 0.2) is 5.78 Å². The lowest BCUT2D eigenvalue weighted by molar-refractivity contribution is -0.116. The van der Waals surface area contributed by atoms with E-state index >= 15 is 0 Å². The predicted molar refractivity (Wildman–Crippen MR) is 80.1 cm³/mol. The van der Waals surface area contributed by atoms with Crippen LogP contribution >= 0.6 is 0 Å². The lowest BCUT2D eigenvalue weighted by Crippen LogP contribution is -2.04. The minimum atomic E-state index is -0.0976. The highest BCUT2D eigenvalue weighted by atomic mass is 16.1. The normalized spacial score (nSPS) is 32.6. The molecule has 0 aromatic carbocycles. The molecule has 1 aliphatic carbocycles. The molecule has 0 saturated carbocycles. The third-order valence-electron chi connectivity index (χ3n) is 2.78. The summed E-state index contributed by atoms with van der Waals surface area (Å²) in [4.78, 5) is 11.8. The van der Waals surface area contributed by atoms with E-state index in [1.54, 1.807) is 6.08 Å². The van der Waals surface area contributed by atoms with Crippen LogP contribution in [-0.2, 0) is 4.79 Å². The van der Waals surface area contributed by atoms with Crippen LogP contribution in [0.25, 0.3) is 0 Å². The Morgan fingerprint density at radius 1 is 0.947 bits per heavy atom. The zero-order valence-electron chi connectivity index (χ0n) is 11.8. The maximum Gasteiger partial charge on any atom is 0.161 e. The van der Waals surface area contributed by atoms with Crippen LogP contribution < -0.4 is 0 Å². The van der Waals surface area contributed by atoms with Gasteiger partial charge >= 0.3 is 0 Å². The van der Waals surface area contributed by atoms with Gasteiger partial charge in [-0.1, -0.05) is 49.1 Å². The van der Waals surface area contributed by atoms with Crippen molar-refractivity contribution < 1.29 is 4.79 Å². The van der Waals surface area contributed by atoms with Crippen LogP contribution in [0, 0.1) is 41.4 Å². The van der Waals surface area contributed by atoms with Crippen molar-refractivity contribution in [2.24, 2.45) is 17.8 Å². The van der Waals surface area contributed by atoms with Gasteiger partial charge in [0.2, 0.25) is 0 Å². The molecule has 1 aliphatic rings. The molecule has 1 nitrogen and oxygen atoms in total. The van der Waals surface area contributed by atoms with Crippen LogP contribution in [0.4, 0.5) is 0 Å². The molecule has 1 rings (SSSR count). The summed E-state index contributed by atoms with van der Waals surface area (Å²) in [6, 6.07) is 0. The number of carbonyl (C=O) groups excluding carboxylic acids is 1. The zero-order chi connectivity index (χ0) is 14.1. The van der Waals surface area contributed by atoms with Crippen molar-refractivity contribution in [3.63, 3.8) is 0 Å². The maximum atomic E-state index is 11.8. The molecule has 0 N–H and O–H groups in total. The molecule has 3 atom stereocenters. The second-order valence-corrected chi connectivity index (χ2v) is 4.76. The first-order chi connectivity index (χ1) is 9.09. The Morgan fingerprint density at radius 3 is 2.26 bits per heavy atom. The summed E-state index contributed by atoms with van der Waals surface area (Å²) in [5.41, 5.74) is 0. The molecule has 19 heavy (non-hydrogen) atoms. The lowest BCUT2D eigenvalue weighted by atomic mass is 10.0. The lowest BCUT2D eigenvalue weighted by Gasteiger charge is -2.01. The average Bonchev–Trinajstić information content (AvgIpc) is 2.39. The van der Waals surface area contributed by atoms with E-state index in [4.69, 9.17) is 0 Å². The van der Waals surface area contributed by atoms with Crippen LogP contribution in [0.15, 0.2) is 36.5 Å². The van der Waals surface area contributed by atoms with E-state index < -0.39 is 0 Å². The van der Waals surface area contributed by atoms with E-state index in [-0.39, 0.29) is 23.5 Å². The molecule has 0 aromatic heterocycles. The van der Waals surface area contributed by atoms with Gasteiger partial charge in [-0.3, -0.25) is 4.79 Å². The van der Waals surface area contributed by atoms with Crippen LogP contribution in [0.1, 0.15) is 27.2 Å². The van der Waals surface area contributed by atoms with Crippen LogP contribution in [0.5, 0.6) is 0 Å². The monoisotopic (exact) mass is 252 g/mol. The molecule has 0 aromatic rings. The molecular formula is C18H20O. The fourth-order valence-corrected chi connectivity index (χ4v) is 1.52. The fraction of sp³-hybridized carbons (Fsp3) is 0.389. The Balaban J connectivity index is 2.90. The van der Waals surface area contributed by atoms with E-state index in [0.29, 0.717) is 0 Å². The standard InChI is InChI=1S/C18H20O/c1-15-9-5-4-6-12-18(19)17(3)14-13-16(2)11-8-7-10-15/h5-6,9,12-17H,4H2,1-3H3/b9-5-,12-6+,14-13+. The summed E-state index contributed by atoms with van der Waals surface area (Å²) < 4.78 is 0. The van der Waals surface area contributed by atoms with Gasteiger partial charge in [0.1, 0.15) is 0 Å². The molecule has 0 amide bonds. The molecule has 98 valence electrons. The van der Waals surface area contributed by atoms with Gasteiger partial charge in [-0.15, -0.1) is 0 Å². The van der Waals surface area contributed by atoms with Gasteiger partial charge in [-0.25, -0.2) is 0 Å². The Kier molecular flexibility index (Phi) is 6.48. The molecule has 0 radical (unpaired) electrons. The fourth-order valence-electron chi connectivity index (χ4n) is 1.52. The maximum absolute atomic E-state index is 11.8. The minimum absolute atomic E-state index is 0.0976. The summed E-state index contributed by atoms with van der Waals surface area (Å²) in [7, 11) is 0. The summed E-state index contributed by atoms with van der Waals surface area (Å²) >= 11 is 0. The minimum Gasteiger partial charge on any atom is -0.294 e. The second kappa shape index (κ2) is 8.17. The van der Waals surface area contributed by atoms with Gasteiger partial charge in [-0.05, 0) is 38.2 Å². The van der Waals surface area contributed by atoms with E-state index in [0.717, 1.165) is 6.42 Å². The Labute approximate surface area is 116 Å². The largest absolute Gasteiger partial charge is 0.294 e. The van der Waals surface area contributed by atoms with Crippen LogP contribution in [0.2, 0.25) is 0 Å². The first-order valence-electron chi connectivity index (χ1n) is 6.66. The van der Waals surface area contributed by atoms with Crippen LogP contribution in [0.3, 0.4) is 0 Å². The Hall–Kier alpha value is -1.99. The summed E-state index contributed by atoms with van der Waals surface area (Å²) in [6.07, 6.45) is 12.3. The van der Waals surface area contributed by atoms with Gasteiger partial charge in [0, 0.05) is 17.8 Å². The molecule has 0 heterocycles. The zero-order valence-corrected chi connectivity index (χ0v) is 11.8. The van der Waals surface area contributed by atoms with E-state index in [1.165, 1.54) is 0 Å². The van der Waals surface area contributed by atoms with E-state index in [1.807, 2.05) is 51.2 Å². The van der Waals surface area contributed by atoms with Crippen molar-refractivity contribution in [2.75, 3.05) is 0 Å². The van der Waals surface area contributed by atoms with E-state index in [9.17, 15) is 4.79 Å². The molecule has 0 aliphatic heterocycles.